The average molecular weight is 295 g/mol. The molecule has 2 unspecified atom stereocenters. The van der Waals surface area contributed by atoms with Crippen LogP contribution in [0.4, 0.5) is 0 Å². The molecule has 20 heavy (non-hydrogen) atoms. The van der Waals surface area contributed by atoms with E-state index < -0.39 is 0 Å². The maximum Gasteiger partial charge on any atom is 0.261 e. The number of halogens is 1. The van der Waals surface area contributed by atoms with Crippen LogP contribution in [-0.2, 0) is 4.79 Å². The van der Waals surface area contributed by atoms with Crippen molar-refractivity contribution in [1.29, 1.82) is 0 Å². The van der Waals surface area contributed by atoms with Crippen LogP contribution in [0, 0.1) is 0 Å². The molecule has 108 valence electrons. The zero-order valence-corrected chi connectivity index (χ0v) is 12.1. The fraction of sp³-hybridized carbons (Fsp3) is 0.533. The van der Waals surface area contributed by atoms with E-state index in [1.807, 2.05) is 17.0 Å². The second-order valence-corrected chi connectivity index (χ2v) is 5.81. The summed E-state index contributed by atoms with van der Waals surface area (Å²) in [6.45, 7) is 1.96. The number of fused-ring (bicyclic) bond motifs is 2. The van der Waals surface area contributed by atoms with Gasteiger partial charge < -0.3 is 15.0 Å². The Morgan fingerprint density at radius 1 is 1.30 bits per heavy atom. The molecule has 1 aromatic rings. The summed E-state index contributed by atoms with van der Waals surface area (Å²) in [5, 5.41) is 3.93. The first kappa shape index (κ1) is 13.7. The van der Waals surface area contributed by atoms with E-state index in [1.54, 1.807) is 12.1 Å². The maximum absolute atomic E-state index is 12.4. The predicted molar refractivity (Wildman–Crippen MR) is 78.1 cm³/mol. The Bertz CT molecular complexity index is 481. The highest BCUT2D eigenvalue weighted by Gasteiger charge is 2.37. The van der Waals surface area contributed by atoms with Gasteiger partial charge in [-0.2, -0.15) is 0 Å². The minimum absolute atomic E-state index is 0.0662. The number of amides is 1. The van der Waals surface area contributed by atoms with Gasteiger partial charge in [0.15, 0.2) is 6.61 Å². The van der Waals surface area contributed by atoms with Crippen LogP contribution >= 0.6 is 11.6 Å². The molecule has 0 aromatic heterocycles. The number of para-hydroxylation sites is 1. The Labute approximate surface area is 124 Å². The zero-order chi connectivity index (χ0) is 13.9. The largest absolute Gasteiger partial charge is 0.482 e. The minimum Gasteiger partial charge on any atom is -0.482 e. The van der Waals surface area contributed by atoms with Crippen molar-refractivity contribution in [2.75, 3.05) is 19.7 Å². The summed E-state index contributed by atoms with van der Waals surface area (Å²) in [6.07, 6.45) is 3.24. The van der Waals surface area contributed by atoms with E-state index in [9.17, 15) is 4.79 Å². The summed E-state index contributed by atoms with van der Waals surface area (Å²) in [4.78, 5) is 14.5. The number of carbonyl (C=O) groups is 1. The lowest BCUT2D eigenvalue weighted by Gasteiger charge is -2.27. The van der Waals surface area contributed by atoms with Crippen LogP contribution in [0.25, 0.3) is 0 Å². The Kier molecular flexibility index (Phi) is 4.13. The van der Waals surface area contributed by atoms with Gasteiger partial charge in [0.2, 0.25) is 0 Å². The van der Waals surface area contributed by atoms with Gasteiger partial charge in [0.05, 0.1) is 5.02 Å². The molecule has 2 atom stereocenters. The first-order valence-electron chi connectivity index (χ1n) is 7.15. The second kappa shape index (κ2) is 6.02. The molecule has 4 nitrogen and oxygen atoms in total. The van der Waals surface area contributed by atoms with Crippen LogP contribution in [0.1, 0.15) is 19.3 Å². The highest BCUT2D eigenvalue weighted by molar-refractivity contribution is 6.32. The molecule has 1 N–H and O–H groups in total. The fourth-order valence-corrected chi connectivity index (χ4v) is 3.36. The first-order chi connectivity index (χ1) is 9.75. The van der Waals surface area contributed by atoms with Gasteiger partial charge in [0.25, 0.3) is 5.91 Å². The Balaban J connectivity index is 1.63. The number of ether oxygens (including phenoxy) is 1. The molecule has 1 aromatic carbocycles. The Morgan fingerprint density at radius 3 is 2.95 bits per heavy atom. The number of hydrogen-bond donors (Lipinski definition) is 1. The highest BCUT2D eigenvalue weighted by atomic mass is 35.5. The van der Waals surface area contributed by atoms with E-state index in [-0.39, 0.29) is 12.5 Å². The van der Waals surface area contributed by atoms with E-state index in [0.717, 1.165) is 32.4 Å². The van der Waals surface area contributed by atoms with Crippen molar-refractivity contribution in [2.24, 2.45) is 0 Å². The van der Waals surface area contributed by atoms with E-state index >= 15 is 0 Å². The molecule has 2 fully saturated rings. The maximum atomic E-state index is 12.4. The summed E-state index contributed by atoms with van der Waals surface area (Å²) in [7, 11) is 0. The van der Waals surface area contributed by atoms with Gasteiger partial charge in [-0.1, -0.05) is 23.7 Å². The zero-order valence-electron chi connectivity index (χ0n) is 11.3. The summed E-state index contributed by atoms with van der Waals surface area (Å²) in [5.41, 5.74) is 0. The quantitative estimate of drug-likeness (QED) is 0.928. The van der Waals surface area contributed by atoms with Crippen molar-refractivity contribution >= 4 is 17.5 Å². The van der Waals surface area contributed by atoms with Gasteiger partial charge in [-0.25, -0.2) is 0 Å². The van der Waals surface area contributed by atoms with E-state index in [2.05, 4.69) is 5.32 Å². The van der Waals surface area contributed by atoms with Crippen LogP contribution in [0.15, 0.2) is 24.3 Å². The third-order valence-electron chi connectivity index (χ3n) is 4.13. The van der Waals surface area contributed by atoms with Gasteiger partial charge >= 0.3 is 0 Å². The van der Waals surface area contributed by atoms with Crippen molar-refractivity contribution < 1.29 is 9.53 Å². The van der Waals surface area contributed by atoms with Crippen LogP contribution in [0.2, 0.25) is 5.02 Å². The molecule has 2 bridgehead atoms. The van der Waals surface area contributed by atoms with Crippen molar-refractivity contribution in [3.8, 4) is 5.75 Å². The molecule has 5 heteroatoms. The van der Waals surface area contributed by atoms with Gasteiger partial charge in [-0.05, 0) is 37.9 Å². The van der Waals surface area contributed by atoms with Gasteiger partial charge in [-0.15, -0.1) is 0 Å². The molecule has 3 rings (SSSR count). The summed E-state index contributed by atoms with van der Waals surface area (Å²) in [6, 6.07) is 7.94. The van der Waals surface area contributed by atoms with Crippen LogP contribution in [0.5, 0.6) is 5.75 Å². The molecule has 2 aliphatic rings. The molecule has 0 spiro atoms. The van der Waals surface area contributed by atoms with Gasteiger partial charge in [0.1, 0.15) is 5.75 Å². The van der Waals surface area contributed by atoms with Crippen molar-refractivity contribution in [2.45, 2.75) is 31.3 Å². The van der Waals surface area contributed by atoms with Gasteiger partial charge in [-0.3, -0.25) is 4.79 Å². The smallest absolute Gasteiger partial charge is 0.261 e. The molecule has 2 heterocycles. The van der Waals surface area contributed by atoms with Crippen LogP contribution < -0.4 is 10.1 Å². The monoisotopic (exact) mass is 294 g/mol. The third kappa shape index (κ3) is 2.76. The predicted octanol–water partition coefficient (Wildman–Crippen LogP) is 2.07. The van der Waals surface area contributed by atoms with Crippen molar-refractivity contribution in [3.05, 3.63) is 29.3 Å². The molecule has 0 saturated carbocycles. The molecular weight excluding hydrogens is 276 g/mol. The van der Waals surface area contributed by atoms with Crippen LogP contribution in [0.3, 0.4) is 0 Å². The normalized spacial score (nSPS) is 25.4. The van der Waals surface area contributed by atoms with Crippen molar-refractivity contribution in [1.82, 2.24) is 10.2 Å². The Hall–Kier alpha value is -1.26. The molecule has 0 aliphatic carbocycles. The third-order valence-corrected chi connectivity index (χ3v) is 4.44. The second-order valence-electron chi connectivity index (χ2n) is 5.40. The summed E-state index contributed by atoms with van der Waals surface area (Å²) >= 11 is 6.03. The number of nitrogens with one attached hydrogen (secondary N) is 1. The molecule has 1 amide bonds. The molecule has 2 saturated heterocycles. The molecule has 0 radical (unpaired) electrons. The summed E-state index contributed by atoms with van der Waals surface area (Å²) < 4.78 is 5.57. The highest BCUT2D eigenvalue weighted by Crippen LogP contribution is 2.28. The lowest BCUT2D eigenvalue weighted by molar-refractivity contribution is -0.135. The van der Waals surface area contributed by atoms with E-state index in [1.165, 1.54) is 0 Å². The number of nitrogens with zero attached hydrogens (tertiary/aromatic N) is 1. The molecule has 2 aliphatic heterocycles. The first-order valence-corrected chi connectivity index (χ1v) is 7.52. The van der Waals surface area contributed by atoms with Crippen LogP contribution in [-0.4, -0.2) is 42.6 Å². The van der Waals surface area contributed by atoms with E-state index in [0.29, 0.717) is 22.9 Å². The fourth-order valence-electron chi connectivity index (χ4n) is 3.17. The van der Waals surface area contributed by atoms with Gasteiger partial charge in [0, 0.05) is 18.6 Å². The minimum atomic E-state index is 0.0662. The number of hydrogen-bond acceptors (Lipinski definition) is 3. The Morgan fingerprint density at radius 2 is 2.10 bits per heavy atom. The number of benzene rings is 1. The topological polar surface area (TPSA) is 41.6 Å². The van der Waals surface area contributed by atoms with Crippen molar-refractivity contribution in [3.63, 3.8) is 0 Å². The summed E-state index contributed by atoms with van der Waals surface area (Å²) in [5.74, 6) is 0.643. The number of rotatable bonds is 3. The SMILES string of the molecule is O=C(COc1ccccc1Cl)N1C2CCNCC1CC2. The lowest BCUT2D eigenvalue weighted by Crippen LogP contribution is -2.44. The lowest BCUT2D eigenvalue weighted by atomic mass is 10.1. The number of carbonyl (C=O) groups excluding carboxylic acids is 1. The standard InChI is InChI=1S/C15H19ClN2O2/c16-13-3-1-2-4-14(13)20-10-15(19)18-11-5-6-12(18)9-17-8-7-11/h1-4,11-12,17H,5-10H2. The molecular formula is C15H19ClN2O2. The van der Waals surface area contributed by atoms with E-state index in [4.69, 9.17) is 16.3 Å². The average Bonchev–Trinajstić information content (AvgIpc) is 2.71.